The second-order valence-corrected chi connectivity index (χ2v) is 8.13. The van der Waals surface area contributed by atoms with Crippen molar-refractivity contribution >= 4 is 17.5 Å². The van der Waals surface area contributed by atoms with E-state index in [1.54, 1.807) is 11.9 Å². The molecule has 0 aliphatic carbocycles. The lowest BCUT2D eigenvalue weighted by molar-refractivity contribution is -0.145. The van der Waals surface area contributed by atoms with Gasteiger partial charge in [0.2, 0.25) is 5.91 Å². The summed E-state index contributed by atoms with van der Waals surface area (Å²) in [6.45, 7) is 0.685. The third-order valence-electron chi connectivity index (χ3n) is 5.79. The van der Waals surface area contributed by atoms with Crippen LogP contribution < -0.4 is 15.1 Å². The number of rotatable bonds is 7. The van der Waals surface area contributed by atoms with Gasteiger partial charge in [-0.3, -0.25) is 14.6 Å². The molecule has 1 N–H and O–H groups in total. The summed E-state index contributed by atoms with van der Waals surface area (Å²) in [6.07, 6.45) is 2.47. The van der Waals surface area contributed by atoms with Crippen LogP contribution in [-0.4, -0.2) is 36.5 Å². The van der Waals surface area contributed by atoms with E-state index in [0.717, 1.165) is 23.4 Å². The van der Waals surface area contributed by atoms with Crippen molar-refractivity contribution in [2.75, 3.05) is 18.5 Å². The molecule has 0 bridgehead atoms. The quantitative estimate of drug-likeness (QED) is 0.581. The first kappa shape index (κ1) is 22.6. The number of benzene rings is 3. The van der Waals surface area contributed by atoms with E-state index >= 15 is 0 Å². The number of carbonyl (C=O) groups excluding carboxylic acids is 2. The van der Waals surface area contributed by atoms with Gasteiger partial charge in [0.05, 0.1) is 0 Å². The Morgan fingerprint density at radius 1 is 0.970 bits per heavy atom. The Morgan fingerprint density at radius 2 is 1.67 bits per heavy atom. The average Bonchev–Trinajstić information content (AvgIpc) is 2.88. The molecule has 1 fully saturated rings. The van der Waals surface area contributed by atoms with Gasteiger partial charge in [-0.15, -0.1) is 0 Å². The molecule has 1 aliphatic heterocycles. The highest BCUT2D eigenvalue weighted by molar-refractivity contribution is 5.98. The lowest BCUT2D eigenvalue weighted by Crippen LogP contribution is -2.59. The third kappa shape index (κ3) is 5.79. The molecule has 6 heteroatoms. The van der Waals surface area contributed by atoms with E-state index in [1.165, 1.54) is 5.01 Å². The number of ether oxygens (including phenoxy) is 1. The van der Waals surface area contributed by atoms with Gasteiger partial charge in [-0.2, -0.15) is 0 Å². The van der Waals surface area contributed by atoms with Crippen LogP contribution >= 0.6 is 0 Å². The number of amides is 2. The number of anilines is 1. The van der Waals surface area contributed by atoms with Crippen molar-refractivity contribution in [1.82, 2.24) is 10.4 Å². The Kier molecular flexibility index (Phi) is 7.37. The van der Waals surface area contributed by atoms with E-state index in [0.29, 0.717) is 31.6 Å². The molecule has 1 aliphatic rings. The van der Waals surface area contributed by atoms with Crippen molar-refractivity contribution in [2.45, 2.75) is 31.7 Å². The number of carbonyl (C=O) groups is 2. The zero-order chi connectivity index (χ0) is 23.0. The summed E-state index contributed by atoms with van der Waals surface area (Å²) in [5.41, 5.74) is 4.98. The van der Waals surface area contributed by atoms with Crippen molar-refractivity contribution in [1.29, 1.82) is 0 Å². The maximum absolute atomic E-state index is 13.4. The number of nitrogens with one attached hydrogen (secondary N) is 1. The topological polar surface area (TPSA) is 61.9 Å². The Balaban J connectivity index is 1.43. The predicted molar refractivity (Wildman–Crippen MR) is 129 cm³/mol. The van der Waals surface area contributed by atoms with E-state index in [1.807, 2.05) is 84.9 Å². The second-order valence-electron chi connectivity index (χ2n) is 8.13. The Bertz CT molecular complexity index is 1070. The molecule has 3 aromatic rings. The van der Waals surface area contributed by atoms with Crippen LogP contribution in [0.3, 0.4) is 0 Å². The fraction of sp³-hybridized carbons (Fsp3) is 0.259. The number of hydrogen-bond donors (Lipinski definition) is 1. The monoisotopic (exact) mass is 443 g/mol. The van der Waals surface area contributed by atoms with Gasteiger partial charge >= 0.3 is 0 Å². The zero-order valence-electron chi connectivity index (χ0n) is 18.8. The fourth-order valence-corrected chi connectivity index (χ4v) is 3.98. The van der Waals surface area contributed by atoms with Crippen molar-refractivity contribution in [3.8, 4) is 11.5 Å². The van der Waals surface area contributed by atoms with E-state index in [-0.39, 0.29) is 11.8 Å². The number of hydrazine groups is 1. The van der Waals surface area contributed by atoms with Crippen LogP contribution in [0.4, 0.5) is 5.69 Å². The van der Waals surface area contributed by atoms with Crippen molar-refractivity contribution in [3.63, 3.8) is 0 Å². The van der Waals surface area contributed by atoms with Crippen LogP contribution in [0.5, 0.6) is 11.5 Å². The number of para-hydroxylation sites is 1. The highest BCUT2D eigenvalue weighted by Crippen LogP contribution is 2.27. The summed E-state index contributed by atoms with van der Waals surface area (Å²) in [6, 6.07) is 26.3. The normalized spacial score (nSPS) is 15.7. The fourth-order valence-electron chi connectivity index (χ4n) is 3.98. The zero-order valence-corrected chi connectivity index (χ0v) is 18.8. The van der Waals surface area contributed by atoms with Gasteiger partial charge in [-0.25, -0.2) is 5.43 Å². The molecule has 0 radical (unpaired) electrons. The summed E-state index contributed by atoms with van der Waals surface area (Å²) in [5, 5.41) is 1.54. The van der Waals surface area contributed by atoms with Crippen LogP contribution in [0.15, 0.2) is 84.9 Å². The highest BCUT2D eigenvalue weighted by Gasteiger charge is 2.34. The third-order valence-corrected chi connectivity index (χ3v) is 5.79. The molecule has 4 rings (SSSR count). The summed E-state index contributed by atoms with van der Waals surface area (Å²) < 4.78 is 5.91. The SMILES string of the molecule is CN(C(=O)C1CCCNN1C(=O)CCc1ccccc1)c1cccc(Oc2ccccc2)c1. The van der Waals surface area contributed by atoms with Gasteiger partial charge in [-0.05, 0) is 49.1 Å². The second kappa shape index (κ2) is 10.8. The Morgan fingerprint density at radius 3 is 2.42 bits per heavy atom. The van der Waals surface area contributed by atoms with Gasteiger partial charge in [0.25, 0.3) is 5.91 Å². The standard InChI is InChI=1S/C27H29N3O3/c1-29(22-12-8-15-24(20-22)33-23-13-6-3-7-14-23)27(32)25-16-9-19-28-30(25)26(31)18-17-21-10-4-2-5-11-21/h2-8,10-15,20,25,28H,9,16-19H2,1H3. The molecule has 3 aromatic carbocycles. The van der Waals surface area contributed by atoms with Crippen LogP contribution in [0.2, 0.25) is 0 Å². The maximum Gasteiger partial charge on any atom is 0.251 e. The van der Waals surface area contributed by atoms with E-state index in [2.05, 4.69) is 5.43 Å². The molecular weight excluding hydrogens is 414 g/mol. The van der Waals surface area contributed by atoms with Gasteiger partial charge in [0.1, 0.15) is 17.5 Å². The minimum Gasteiger partial charge on any atom is -0.457 e. The van der Waals surface area contributed by atoms with E-state index < -0.39 is 6.04 Å². The molecule has 0 saturated carbocycles. The largest absolute Gasteiger partial charge is 0.457 e. The van der Waals surface area contributed by atoms with Gasteiger partial charge in [-0.1, -0.05) is 54.6 Å². The molecule has 1 unspecified atom stereocenters. The number of aryl methyl sites for hydroxylation is 1. The minimum atomic E-state index is -0.536. The molecule has 0 spiro atoms. The molecule has 33 heavy (non-hydrogen) atoms. The summed E-state index contributed by atoms with van der Waals surface area (Å²) in [4.78, 5) is 28.0. The highest BCUT2D eigenvalue weighted by atomic mass is 16.5. The molecule has 2 amide bonds. The van der Waals surface area contributed by atoms with Gasteiger partial charge < -0.3 is 9.64 Å². The molecular formula is C27H29N3O3. The van der Waals surface area contributed by atoms with E-state index in [4.69, 9.17) is 4.74 Å². The van der Waals surface area contributed by atoms with Crippen LogP contribution in [0.1, 0.15) is 24.8 Å². The number of hydrogen-bond acceptors (Lipinski definition) is 4. The molecule has 0 aromatic heterocycles. The smallest absolute Gasteiger partial charge is 0.251 e. The van der Waals surface area contributed by atoms with Crippen molar-refractivity contribution in [2.24, 2.45) is 0 Å². The summed E-state index contributed by atoms with van der Waals surface area (Å²) >= 11 is 0. The lowest BCUT2D eigenvalue weighted by atomic mass is 10.0. The Hall–Kier alpha value is -3.64. The summed E-state index contributed by atoms with van der Waals surface area (Å²) in [7, 11) is 1.74. The number of likely N-dealkylation sites (N-methyl/N-ethyl adjacent to an activating group) is 1. The molecule has 1 atom stereocenters. The van der Waals surface area contributed by atoms with Crippen LogP contribution in [-0.2, 0) is 16.0 Å². The molecule has 1 heterocycles. The van der Waals surface area contributed by atoms with Crippen LogP contribution in [0.25, 0.3) is 0 Å². The number of nitrogens with zero attached hydrogens (tertiary/aromatic N) is 2. The van der Waals surface area contributed by atoms with E-state index in [9.17, 15) is 9.59 Å². The predicted octanol–water partition coefficient (Wildman–Crippen LogP) is 4.57. The van der Waals surface area contributed by atoms with Gasteiger partial charge in [0.15, 0.2) is 0 Å². The average molecular weight is 444 g/mol. The molecule has 170 valence electrons. The van der Waals surface area contributed by atoms with Crippen molar-refractivity contribution in [3.05, 3.63) is 90.5 Å². The summed E-state index contributed by atoms with van der Waals surface area (Å²) in [5.74, 6) is 1.20. The molecule has 1 saturated heterocycles. The maximum atomic E-state index is 13.4. The first-order valence-electron chi connectivity index (χ1n) is 11.3. The van der Waals surface area contributed by atoms with Crippen LogP contribution in [0, 0.1) is 0 Å². The minimum absolute atomic E-state index is 0.0635. The van der Waals surface area contributed by atoms with Gasteiger partial charge in [0, 0.05) is 31.8 Å². The molecule has 6 nitrogen and oxygen atoms in total. The lowest BCUT2D eigenvalue weighted by Gasteiger charge is -2.37. The first-order valence-corrected chi connectivity index (χ1v) is 11.3. The first-order chi connectivity index (χ1) is 16.1. The Labute approximate surface area is 194 Å². The van der Waals surface area contributed by atoms with Crippen molar-refractivity contribution < 1.29 is 14.3 Å².